The van der Waals surface area contributed by atoms with E-state index in [-0.39, 0.29) is 5.41 Å². The van der Waals surface area contributed by atoms with Crippen molar-refractivity contribution in [2.24, 2.45) is 16.3 Å². The van der Waals surface area contributed by atoms with Gasteiger partial charge in [-0.1, -0.05) is 37.6 Å². The Bertz CT molecular complexity index is 788. The first kappa shape index (κ1) is 24.0. The van der Waals surface area contributed by atoms with Crippen molar-refractivity contribution in [1.82, 2.24) is 14.9 Å². The Labute approximate surface area is 181 Å². The fourth-order valence-electron chi connectivity index (χ4n) is 3.58. The summed E-state index contributed by atoms with van der Waals surface area (Å²) >= 11 is 6.11. The zero-order chi connectivity index (χ0) is 21.5. The molecule has 1 fully saturated rings. The molecule has 0 bridgehead atoms. The number of hydrogen-bond donors (Lipinski definition) is 2. The van der Waals surface area contributed by atoms with E-state index in [0.29, 0.717) is 25.6 Å². The molecular weight excluding hydrogens is 408 g/mol. The van der Waals surface area contributed by atoms with Crippen LogP contribution in [0.5, 0.6) is 0 Å². The SMILES string of the molecule is CCNC(=NCC(C)(C)Cc1cccc(Cl)c1)NCC1CCN(S(C)(=O)=O)CC1. The molecule has 164 valence electrons. The highest BCUT2D eigenvalue weighted by molar-refractivity contribution is 7.88. The van der Waals surface area contributed by atoms with Crippen LogP contribution in [0.3, 0.4) is 0 Å². The number of aliphatic imine (C=N–C) groups is 1. The first-order chi connectivity index (χ1) is 13.6. The molecule has 0 spiro atoms. The molecule has 1 aliphatic rings. The molecule has 29 heavy (non-hydrogen) atoms. The minimum atomic E-state index is -3.07. The highest BCUT2D eigenvalue weighted by atomic mass is 35.5. The molecule has 1 saturated heterocycles. The molecule has 0 radical (unpaired) electrons. The van der Waals surface area contributed by atoms with Crippen molar-refractivity contribution in [3.05, 3.63) is 34.9 Å². The van der Waals surface area contributed by atoms with Gasteiger partial charge < -0.3 is 10.6 Å². The van der Waals surface area contributed by atoms with Crippen LogP contribution < -0.4 is 10.6 Å². The standard InChI is InChI=1S/C21H35ClN4O2S/c1-5-23-20(24-15-17-9-11-26(12-10-17)29(4,27)28)25-16-21(2,3)14-18-7-6-8-19(22)13-18/h6-8,13,17H,5,9-12,14-16H2,1-4H3,(H2,23,24,25). The summed E-state index contributed by atoms with van der Waals surface area (Å²) in [6, 6.07) is 7.99. The maximum atomic E-state index is 11.6. The topological polar surface area (TPSA) is 73.8 Å². The minimum Gasteiger partial charge on any atom is -0.357 e. The third-order valence-electron chi connectivity index (χ3n) is 5.18. The van der Waals surface area contributed by atoms with E-state index >= 15 is 0 Å². The van der Waals surface area contributed by atoms with Gasteiger partial charge in [0.1, 0.15) is 0 Å². The van der Waals surface area contributed by atoms with E-state index in [4.69, 9.17) is 16.6 Å². The van der Waals surface area contributed by atoms with E-state index in [1.807, 2.05) is 18.2 Å². The largest absolute Gasteiger partial charge is 0.357 e. The molecule has 1 aromatic carbocycles. The summed E-state index contributed by atoms with van der Waals surface area (Å²) in [5, 5.41) is 7.51. The summed E-state index contributed by atoms with van der Waals surface area (Å²) in [6.45, 7) is 9.98. The zero-order valence-electron chi connectivity index (χ0n) is 18.0. The van der Waals surface area contributed by atoms with Gasteiger partial charge in [0.2, 0.25) is 10.0 Å². The summed E-state index contributed by atoms with van der Waals surface area (Å²) in [4.78, 5) is 4.80. The summed E-state index contributed by atoms with van der Waals surface area (Å²) in [7, 11) is -3.07. The van der Waals surface area contributed by atoms with Crippen LogP contribution in [-0.2, 0) is 16.4 Å². The highest BCUT2D eigenvalue weighted by Gasteiger charge is 2.25. The number of piperidine rings is 1. The average Bonchev–Trinajstić information content (AvgIpc) is 2.63. The van der Waals surface area contributed by atoms with E-state index in [2.05, 4.69) is 37.5 Å². The van der Waals surface area contributed by atoms with Crippen molar-refractivity contribution < 1.29 is 8.42 Å². The predicted molar refractivity (Wildman–Crippen MR) is 122 cm³/mol. The molecule has 1 aliphatic heterocycles. The third kappa shape index (κ3) is 8.52. The Morgan fingerprint density at radius 3 is 2.55 bits per heavy atom. The number of hydrogen-bond acceptors (Lipinski definition) is 3. The monoisotopic (exact) mass is 442 g/mol. The number of guanidine groups is 1. The van der Waals surface area contributed by atoms with Crippen LogP contribution in [0, 0.1) is 11.3 Å². The normalized spacial score (nSPS) is 17.3. The third-order valence-corrected chi connectivity index (χ3v) is 6.72. The Morgan fingerprint density at radius 2 is 1.97 bits per heavy atom. The Balaban J connectivity index is 1.87. The summed E-state index contributed by atoms with van der Waals surface area (Å²) in [6.07, 6.45) is 3.94. The molecule has 0 unspecified atom stereocenters. The lowest BCUT2D eigenvalue weighted by Crippen LogP contribution is -2.44. The van der Waals surface area contributed by atoms with Gasteiger partial charge in [-0.2, -0.15) is 0 Å². The van der Waals surface area contributed by atoms with E-state index < -0.39 is 10.0 Å². The zero-order valence-corrected chi connectivity index (χ0v) is 19.6. The van der Waals surface area contributed by atoms with E-state index in [1.165, 1.54) is 11.8 Å². The number of nitrogens with one attached hydrogen (secondary N) is 2. The lowest BCUT2D eigenvalue weighted by Gasteiger charge is -2.30. The minimum absolute atomic E-state index is 0.00780. The average molecular weight is 443 g/mol. The van der Waals surface area contributed by atoms with Gasteiger partial charge in [0.05, 0.1) is 6.26 Å². The lowest BCUT2D eigenvalue weighted by molar-refractivity contribution is 0.274. The van der Waals surface area contributed by atoms with Crippen molar-refractivity contribution >= 4 is 27.6 Å². The Hall–Kier alpha value is -1.31. The fourth-order valence-corrected chi connectivity index (χ4v) is 4.66. The number of halogens is 1. The van der Waals surface area contributed by atoms with Gasteiger partial charge in [0.25, 0.3) is 0 Å². The molecule has 0 amide bonds. The second kappa shape index (κ2) is 10.6. The Kier molecular flexibility index (Phi) is 8.79. The molecule has 2 rings (SSSR count). The van der Waals surface area contributed by atoms with Gasteiger partial charge in [-0.05, 0) is 55.2 Å². The van der Waals surface area contributed by atoms with Gasteiger partial charge in [-0.3, -0.25) is 4.99 Å². The van der Waals surface area contributed by atoms with Gasteiger partial charge >= 0.3 is 0 Å². The first-order valence-electron chi connectivity index (χ1n) is 10.3. The van der Waals surface area contributed by atoms with E-state index in [9.17, 15) is 8.42 Å². The van der Waals surface area contributed by atoms with Crippen molar-refractivity contribution in [1.29, 1.82) is 0 Å². The molecule has 0 aliphatic carbocycles. The molecule has 0 saturated carbocycles. The maximum Gasteiger partial charge on any atom is 0.211 e. The maximum absolute atomic E-state index is 11.6. The Morgan fingerprint density at radius 1 is 1.28 bits per heavy atom. The van der Waals surface area contributed by atoms with Crippen LogP contribution in [0.25, 0.3) is 0 Å². The van der Waals surface area contributed by atoms with Crippen LogP contribution in [0.4, 0.5) is 0 Å². The molecule has 2 N–H and O–H groups in total. The van der Waals surface area contributed by atoms with E-state index in [0.717, 1.165) is 43.3 Å². The molecule has 6 nitrogen and oxygen atoms in total. The number of benzene rings is 1. The molecule has 1 aromatic rings. The summed E-state index contributed by atoms with van der Waals surface area (Å²) in [5.41, 5.74) is 1.22. The fraction of sp³-hybridized carbons (Fsp3) is 0.667. The van der Waals surface area contributed by atoms with Crippen molar-refractivity contribution in [2.75, 3.05) is 39.0 Å². The van der Waals surface area contributed by atoms with Gasteiger partial charge in [-0.25, -0.2) is 12.7 Å². The van der Waals surface area contributed by atoms with Crippen molar-refractivity contribution in [2.45, 2.75) is 40.0 Å². The van der Waals surface area contributed by atoms with Crippen molar-refractivity contribution in [3.63, 3.8) is 0 Å². The van der Waals surface area contributed by atoms with Crippen LogP contribution in [0.1, 0.15) is 39.2 Å². The second-order valence-corrected chi connectivity index (χ2v) is 11.1. The summed E-state index contributed by atoms with van der Waals surface area (Å²) < 4.78 is 24.9. The molecule has 0 atom stereocenters. The predicted octanol–water partition coefficient (Wildman–Crippen LogP) is 3.14. The second-order valence-electron chi connectivity index (χ2n) is 8.65. The van der Waals surface area contributed by atoms with Crippen molar-refractivity contribution in [3.8, 4) is 0 Å². The highest BCUT2D eigenvalue weighted by Crippen LogP contribution is 2.24. The first-order valence-corrected chi connectivity index (χ1v) is 12.5. The summed E-state index contributed by atoms with van der Waals surface area (Å²) in [5.74, 6) is 1.27. The van der Waals surface area contributed by atoms with Crippen LogP contribution in [-0.4, -0.2) is 57.7 Å². The van der Waals surface area contributed by atoms with E-state index in [1.54, 1.807) is 4.31 Å². The lowest BCUT2D eigenvalue weighted by atomic mass is 9.86. The van der Waals surface area contributed by atoms with Gasteiger partial charge in [-0.15, -0.1) is 0 Å². The number of rotatable bonds is 8. The van der Waals surface area contributed by atoms with Gasteiger partial charge in [0, 0.05) is 37.7 Å². The number of nitrogens with zero attached hydrogens (tertiary/aromatic N) is 2. The smallest absolute Gasteiger partial charge is 0.211 e. The quantitative estimate of drug-likeness (QED) is 0.479. The van der Waals surface area contributed by atoms with Gasteiger partial charge in [0.15, 0.2) is 5.96 Å². The molecule has 8 heteroatoms. The number of sulfonamides is 1. The molecular formula is C21H35ClN4O2S. The molecule has 0 aromatic heterocycles. The van der Waals surface area contributed by atoms with Crippen LogP contribution >= 0.6 is 11.6 Å². The molecule has 1 heterocycles. The van der Waals surface area contributed by atoms with Crippen LogP contribution in [0.15, 0.2) is 29.3 Å². The van der Waals surface area contributed by atoms with Crippen LogP contribution in [0.2, 0.25) is 5.02 Å².